The molecule has 0 aliphatic rings. The van der Waals surface area contributed by atoms with Gasteiger partial charge in [0.05, 0.1) is 13.2 Å². The van der Waals surface area contributed by atoms with Gasteiger partial charge < -0.3 is 20.0 Å². The smallest absolute Gasteiger partial charge is 0.461 e. The summed E-state index contributed by atoms with van der Waals surface area (Å²) < 4.78 is 92.9. The summed E-state index contributed by atoms with van der Waals surface area (Å²) in [5.41, 5.74) is 0.314. The number of ether oxygens (including phenoxy) is 2. The molecule has 0 unspecified atom stereocenters. The summed E-state index contributed by atoms with van der Waals surface area (Å²) in [6, 6.07) is 10.5. The number of alkyl halides is 6. The molecule has 7 nitrogen and oxygen atoms in total. The first kappa shape index (κ1) is 27.6. The van der Waals surface area contributed by atoms with E-state index < -0.39 is 35.4 Å². The van der Waals surface area contributed by atoms with Crippen molar-refractivity contribution in [3.63, 3.8) is 0 Å². The first-order valence-corrected chi connectivity index (χ1v) is 10.2. The average molecular weight is 507 g/mol. The Hall–Kier alpha value is -3.64. The summed E-state index contributed by atoms with van der Waals surface area (Å²) in [7, 11) is 0. The molecule has 3 N–H and O–H groups in total. The van der Waals surface area contributed by atoms with Crippen LogP contribution in [-0.4, -0.2) is 43.0 Å². The topological polar surface area (TPSA) is 95.2 Å². The second kappa shape index (κ2) is 11.2. The minimum atomic E-state index is -6.14. The zero-order chi connectivity index (χ0) is 26.3. The monoisotopic (exact) mass is 507 g/mol. The third kappa shape index (κ3) is 6.70. The Morgan fingerprint density at radius 2 is 1.49 bits per heavy atom. The molecule has 0 bridgehead atoms. The standard InChI is InChI=1S/C22H23F6N3O4/c1-3-33-16-11-10-14(12-17(16)34-4-2)13-18(29)31-35-20(21(23,24)25,22(26,27)28)30-19(32)15-8-6-5-7-9-15/h5-12H,3-4,13H2,1-2H3,(H2,29,31)(H,30,32). The van der Waals surface area contributed by atoms with E-state index in [2.05, 4.69) is 9.99 Å². The molecular weight excluding hydrogens is 484 g/mol. The summed E-state index contributed by atoms with van der Waals surface area (Å²) in [5, 5.41) is 3.76. The largest absolute Gasteiger partial charge is 0.490 e. The third-order valence-corrected chi connectivity index (χ3v) is 4.42. The molecule has 0 saturated carbocycles. The Morgan fingerprint density at radius 1 is 0.914 bits per heavy atom. The number of benzene rings is 2. The fourth-order valence-electron chi connectivity index (χ4n) is 2.82. The van der Waals surface area contributed by atoms with Crippen LogP contribution in [0.15, 0.2) is 53.7 Å². The summed E-state index contributed by atoms with van der Waals surface area (Å²) in [4.78, 5) is 16.1. The zero-order valence-corrected chi connectivity index (χ0v) is 18.7. The van der Waals surface area contributed by atoms with Gasteiger partial charge in [0.1, 0.15) is 5.84 Å². The van der Waals surface area contributed by atoms with E-state index in [0.717, 1.165) is 17.4 Å². The molecule has 1 amide bonds. The Balaban J connectivity index is 2.35. The highest BCUT2D eigenvalue weighted by atomic mass is 19.4. The summed E-state index contributed by atoms with van der Waals surface area (Å²) in [6.07, 6.45) is -12.7. The van der Waals surface area contributed by atoms with Crippen molar-refractivity contribution in [2.24, 2.45) is 10.9 Å². The molecule has 0 saturated heterocycles. The van der Waals surface area contributed by atoms with Gasteiger partial charge in [0.15, 0.2) is 11.5 Å². The second-order valence-electron chi connectivity index (χ2n) is 6.99. The number of nitrogens with two attached hydrogens (primary N) is 1. The fraction of sp³-hybridized carbons (Fsp3) is 0.364. The number of hydrogen-bond donors (Lipinski definition) is 2. The lowest BCUT2D eigenvalue weighted by molar-refractivity contribution is -0.388. The van der Waals surface area contributed by atoms with Gasteiger partial charge in [-0.05, 0) is 43.7 Å². The van der Waals surface area contributed by atoms with E-state index in [-0.39, 0.29) is 13.0 Å². The van der Waals surface area contributed by atoms with Gasteiger partial charge in [-0.1, -0.05) is 29.4 Å². The van der Waals surface area contributed by atoms with Gasteiger partial charge in [0, 0.05) is 12.0 Å². The van der Waals surface area contributed by atoms with Crippen LogP contribution in [0.4, 0.5) is 26.3 Å². The van der Waals surface area contributed by atoms with Crippen LogP contribution in [0, 0.1) is 0 Å². The Bertz CT molecular complexity index is 1010. The Labute approximate surface area is 196 Å². The van der Waals surface area contributed by atoms with E-state index in [1.54, 1.807) is 13.8 Å². The van der Waals surface area contributed by atoms with Gasteiger partial charge in [-0.15, -0.1) is 0 Å². The molecule has 2 aromatic carbocycles. The highest BCUT2D eigenvalue weighted by Gasteiger charge is 2.76. The molecule has 2 rings (SSSR count). The number of hydrogen-bond acceptors (Lipinski definition) is 5. The molecule has 0 aliphatic heterocycles. The van der Waals surface area contributed by atoms with Crippen molar-refractivity contribution >= 4 is 11.7 Å². The summed E-state index contributed by atoms with van der Waals surface area (Å²) in [6.45, 7) is 4.07. The molecule has 0 aromatic heterocycles. The van der Waals surface area contributed by atoms with Crippen molar-refractivity contribution in [1.29, 1.82) is 0 Å². The predicted octanol–water partition coefficient (Wildman–Crippen LogP) is 4.57. The number of carbonyl (C=O) groups excluding carboxylic acids is 1. The minimum Gasteiger partial charge on any atom is -0.490 e. The molecule has 0 fully saturated rings. The first-order valence-electron chi connectivity index (χ1n) is 10.2. The van der Waals surface area contributed by atoms with Crippen molar-refractivity contribution in [2.75, 3.05) is 13.2 Å². The maximum absolute atomic E-state index is 13.7. The number of nitrogens with one attached hydrogen (secondary N) is 1. The lowest BCUT2D eigenvalue weighted by atomic mass is 10.1. The third-order valence-electron chi connectivity index (χ3n) is 4.42. The molecule has 0 aliphatic carbocycles. The highest BCUT2D eigenvalue weighted by Crippen LogP contribution is 2.44. The molecule has 13 heteroatoms. The number of oxime groups is 1. The molecule has 35 heavy (non-hydrogen) atoms. The number of nitrogens with zero attached hydrogens (tertiary/aromatic N) is 1. The van der Waals surface area contributed by atoms with E-state index in [9.17, 15) is 31.1 Å². The van der Waals surface area contributed by atoms with Crippen molar-refractivity contribution in [3.05, 3.63) is 59.7 Å². The second-order valence-corrected chi connectivity index (χ2v) is 6.99. The summed E-state index contributed by atoms with van der Waals surface area (Å²) >= 11 is 0. The van der Waals surface area contributed by atoms with Crippen LogP contribution in [0.3, 0.4) is 0 Å². The molecule has 2 aromatic rings. The lowest BCUT2D eigenvalue weighted by Crippen LogP contribution is -2.68. The Morgan fingerprint density at radius 3 is 2.03 bits per heavy atom. The van der Waals surface area contributed by atoms with Gasteiger partial charge in [0.25, 0.3) is 5.91 Å². The summed E-state index contributed by atoms with van der Waals surface area (Å²) in [5.74, 6) is -1.71. The molecule has 0 heterocycles. The minimum absolute atomic E-state index is 0.275. The number of rotatable bonds is 10. The molecule has 0 radical (unpaired) electrons. The molecule has 0 atom stereocenters. The van der Waals surface area contributed by atoms with E-state index in [4.69, 9.17) is 15.2 Å². The van der Waals surface area contributed by atoms with E-state index in [0.29, 0.717) is 23.7 Å². The lowest BCUT2D eigenvalue weighted by Gasteiger charge is -2.34. The number of carbonyl (C=O) groups is 1. The maximum atomic E-state index is 13.7. The van der Waals surface area contributed by atoms with E-state index >= 15 is 0 Å². The zero-order valence-electron chi connectivity index (χ0n) is 18.7. The van der Waals surface area contributed by atoms with E-state index in [1.807, 2.05) is 0 Å². The fourth-order valence-corrected chi connectivity index (χ4v) is 2.82. The van der Waals surface area contributed by atoms with Crippen LogP contribution in [0.25, 0.3) is 0 Å². The highest BCUT2D eigenvalue weighted by molar-refractivity contribution is 5.94. The van der Waals surface area contributed by atoms with Crippen LogP contribution in [0.2, 0.25) is 0 Å². The van der Waals surface area contributed by atoms with Gasteiger partial charge in [-0.3, -0.25) is 10.1 Å². The quantitative estimate of drug-likeness (QED) is 0.162. The Kier molecular flexibility index (Phi) is 8.83. The van der Waals surface area contributed by atoms with Crippen molar-refractivity contribution in [1.82, 2.24) is 5.32 Å². The molecule has 192 valence electrons. The average Bonchev–Trinajstić information content (AvgIpc) is 2.77. The van der Waals surface area contributed by atoms with E-state index in [1.165, 1.54) is 36.4 Å². The van der Waals surface area contributed by atoms with Gasteiger partial charge in [0.2, 0.25) is 0 Å². The SMILES string of the molecule is CCOc1ccc(C/C(N)=N\OC(NC(=O)c2ccccc2)(C(F)(F)F)C(F)(F)F)cc1OCC. The number of halogens is 6. The normalized spacial score (nSPS) is 12.7. The van der Waals surface area contributed by atoms with Crippen LogP contribution in [0.1, 0.15) is 29.8 Å². The van der Waals surface area contributed by atoms with Crippen LogP contribution < -0.4 is 20.5 Å². The van der Waals surface area contributed by atoms with Gasteiger partial charge >= 0.3 is 18.1 Å². The van der Waals surface area contributed by atoms with Crippen LogP contribution >= 0.6 is 0 Å². The van der Waals surface area contributed by atoms with Gasteiger partial charge in [-0.2, -0.15) is 26.3 Å². The van der Waals surface area contributed by atoms with Gasteiger partial charge in [-0.25, -0.2) is 0 Å². The maximum Gasteiger partial charge on any atom is 0.461 e. The van der Waals surface area contributed by atoms with Crippen LogP contribution in [0.5, 0.6) is 11.5 Å². The number of amidine groups is 1. The van der Waals surface area contributed by atoms with Crippen LogP contribution in [-0.2, 0) is 11.3 Å². The van der Waals surface area contributed by atoms with Crippen molar-refractivity contribution < 1.29 is 45.4 Å². The number of amides is 1. The van der Waals surface area contributed by atoms with Crippen molar-refractivity contribution in [3.8, 4) is 11.5 Å². The van der Waals surface area contributed by atoms with Crippen molar-refractivity contribution in [2.45, 2.75) is 38.3 Å². The molecule has 0 spiro atoms. The predicted molar refractivity (Wildman–Crippen MR) is 114 cm³/mol. The first-order chi connectivity index (χ1) is 16.3. The molecular formula is C22H23F6N3O4.